The fourth-order valence-corrected chi connectivity index (χ4v) is 1.53. The van der Waals surface area contributed by atoms with Gasteiger partial charge in [-0.1, -0.05) is 18.2 Å². The van der Waals surface area contributed by atoms with Crippen LogP contribution in [0.4, 0.5) is 0 Å². The fraction of sp³-hybridized carbons (Fsp3) is 0.286. The molecular weight excluding hydrogens is 322 g/mol. The van der Waals surface area contributed by atoms with Crippen LogP contribution in [0.15, 0.2) is 30.3 Å². The fourth-order valence-electron chi connectivity index (χ4n) is 1.37. The minimum absolute atomic E-state index is 0.0534. The van der Waals surface area contributed by atoms with Crippen LogP contribution in [-0.4, -0.2) is 36.6 Å². The van der Waals surface area contributed by atoms with Gasteiger partial charge >= 0.3 is 5.97 Å². The lowest BCUT2D eigenvalue weighted by Gasteiger charge is -2.11. The summed E-state index contributed by atoms with van der Waals surface area (Å²) in [5.74, 6) is -0.880. The summed E-state index contributed by atoms with van der Waals surface area (Å²) in [5.41, 5.74) is 4.63. The summed E-state index contributed by atoms with van der Waals surface area (Å²) < 4.78 is 9.63. The zero-order chi connectivity index (χ0) is 17.1. The van der Waals surface area contributed by atoms with Crippen molar-refractivity contribution in [2.45, 2.75) is 12.8 Å². The summed E-state index contributed by atoms with van der Waals surface area (Å²) in [5, 5.41) is 2.22. The lowest BCUT2D eigenvalue weighted by atomic mass is 10.3. The molecule has 0 bridgehead atoms. The SMILES string of the molecule is COC(=O)CCC(=O)NC(=S)NNC(=O)COc1ccccc1. The number of esters is 1. The van der Waals surface area contributed by atoms with E-state index in [4.69, 9.17) is 17.0 Å². The number of methoxy groups -OCH3 is 1. The number of hydrogen-bond acceptors (Lipinski definition) is 6. The Bertz CT molecular complexity index is 565. The first kappa shape index (κ1) is 18.4. The summed E-state index contributed by atoms with van der Waals surface area (Å²) in [6.45, 7) is -0.212. The molecule has 124 valence electrons. The smallest absolute Gasteiger partial charge is 0.306 e. The van der Waals surface area contributed by atoms with Gasteiger partial charge < -0.3 is 14.8 Å². The molecule has 0 heterocycles. The van der Waals surface area contributed by atoms with Gasteiger partial charge in [-0.3, -0.25) is 25.2 Å². The Labute approximate surface area is 138 Å². The van der Waals surface area contributed by atoms with E-state index in [-0.39, 0.29) is 24.6 Å². The molecule has 2 amide bonds. The average molecular weight is 339 g/mol. The Kier molecular flexibility index (Phi) is 8.08. The maximum atomic E-state index is 11.5. The highest BCUT2D eigenvalue weighted by molar-refractivity contribution is 7.80. The van der Waals surface area contributed by atoms with E-state index in [1.807, 2.05) is 6.07 Å². The van der Waals surface area contributed by atoms with Crippen molar-refractivity contribution >= 4 is 35.1 Å². The standard InChI is InChI=1S/C14H17N3O5S/c1-21-13(20)8-7-11(18)15-14(23)17-16-12(19)9-22-10-5-3-2-4-6-10/h2-6H,7-9H2,1H3,(H,16,19)(H2,15,17,18,23). The summed E-state index contributed by atoms with van der Waals surface area (Å²) in [6.07, 6.45) is -0.123. The molecule has 1 rings (SSSR count). The molecule has 0 aliphatic rings. The zero-order valence-corrected chi connectivity index (χ0v) is 13.3. The molecule has 0 aliphatic carbocycles. The van der Waals surface area contributed by atoms with Gasteiger partial charge in [0.05, 0.1) is 13.5 Å². The molecule has 8 nitrogen and oxygen atoms in total. The predicted octanol–water partition coefficient (Wildman–Crippen LogP) is 0.0405. The van der Waals surface area contributed by atoms with Crippen LogP contribution in [0, 0.1) is 0 Å². The van der Waals surface area contributed by atoms with Gasteiger partial charge in [-0.2, -0.15) is 0 Å². The van der Waals surface area contributed by atoms with Crippen LogP contribution in [0.2, 0.25) is 0 Å². The largest absolute Gasteiger partial charge is 0.484 e. The molecule has 0 saturated heterocycles. The third-order valence-corrected chi connectivity index (χ3v) is 2.67. The van der Waals surface area contributed by atoms with Gasteiger partial charge in [0.15, 0.2) is 11.7 Å². The summed E-state index contributed by atoms with van der Waals surface area (Å²) in [6, 6.07) is 8.82. The first-order valence-corrected chi connectivity index (χ1v) is 7.05. The van der Waals surface area contributed by atoms with Crippen molar-refractivity contribution in [2.24, 2.45) is 0 Å². The van der Waals surface area contributed by atoms with Crippen LogP contribution in [0.25, 0.3) is 0 Å². The van der Waals surface area contributed by atoms with Crippen molar-refractivity contribution < 1.29 is 23.9 Å². The van der Waals surface area contributed by atoms with Crippen LogP contribution < -0.4 is 20.9 Å². The van der Waals surface area contributed by atoms with Crippen molar-refractivity contribution in [3.63, 3.8) is 0 Å². The molecular formula is C14H17N3O5S. The lowest BCUT2D eigenvalue weighted by molar-refractivity contribution is -0.142. The number of carbonyl (C=O) groups is 3. The molecule has 3 N–H and O–H groups in total. The minimum Gasteiger partial charge on any atom is -0.484 e. The predicted molar refractivity (Wildman–Crippen MR) is 85.2 cm³/mol. The van der Waals surface area contributed by atoms with Gasteiger partial charge in [0.2, 0.25) is 5.91 Å². The zero-order valence-electron chi connectivity index (χ0n) is 12.5. The Morgan fingerprint density at radius 1 is 1.04 bits per heavy atom. The molecule has 0 fully saturated rings. The number of hydrazine groups is 1. The summed E-state index contributed by atoms with van der Waals surface area (Å²) in [7, 11) is 1.24. The lowest BCUT2D eigenvalue weighted by Crippen LogP contribution is -2.49. The molecule has 0 unspecified atom stereocenters. The van der Waals surface area contributed by atoms with E-state index in [9.17, 15) is 14.4 Å². The van der Waals surface area contributed by atoms with Crippen molar-refractivity contribution in [3.05, 3.63) is 30.3 Å². The molecule has 0 aromatic heterocycles. The molecule has 23 heavy (non-hydrogen) atoms. The summed E-state index contributed by atoms with van der Waals surface area (Å²) >= 11 is 4.82. The number of ether oxygens (including phenoxy) is 2. The average Bonchev–Trinajstić information content (AvgIpc) is 2.56. The Balaban J connectivity index is 2.18. The second-order valence-electron chi connectivity index (χ2n) is 4.23. The second kappa shape index (κ2) is 10.1. The van der Waals surface area contributed by atoms with Gasteiger partial charge in [-0.05, 0) is 24.4 Å². The quantitative estimate of drug-likeness (QED) is 0.382. The van der Waals surface area contributed by atoms with Gasteiger partial charge in [0, 0.05) is 6.42 Å². The maximum Gasteiger partial charge on any atom is 0.306 e. The van der Waals surface area contributed by atoms with E-state index in [0.29, 0.717) is 5.75 Å². The molecule has 9 heteroatoms. The topological polar surface area (TPSA) is 106 Å². The van der Waals surface area contributed by atoms with Crippen LogP contribution in [0.5, 0.6) is 5.75 Å². The highest BCUT2D eigenvalue weighted by Crippen LogP contribution is 2.07. The molecule has 0 radical (unpaired) electrons. The van der Waals surface area contributed by atoms with Crippen LogP contribution in [0.3, 0.4) is 0 Å². The number of carbonyl (C=O) groups excluding carboxylic acids is 3. The third kappa shape index (κ3) is 8.37. The van der Waals surface area contributed by atoms with Crippen molar-refractivity contribution in [3.8, 4) is 5.75 Å². The number of benzene rings is 1. The van der Waals surface area contributed by atoms with Crippen LogP contribution in [0.1, 0.15) is 12.8 Å². The molecule has 1 aromatic rings. The van der Waals surface area contributed by atoms with Crippen molar-refractivity contribution in [1.82, 2.24) is 16.2 Å². The van der Waals surface area contributed by atoms with Gasteiger partial charge in [0.25, 0.3) is 5.91 Å². The van der Waals surface area contributed by atoms with Gasteiger partial charge in [-0.15, -0.1) is 0 Å². The molecule has 1 aromatic carbocycles. The van der Waals surface area contributed by atoms with Crippen molar-refractivity contribution in [2.75, 3.05) is 13.7 Å². The molecule has 0 spiro atoms. The van der Waals surface area contributed by atoms with E-state index in [2.05, 4.69) is 20.9 Å². The van der Waals surface area contributed by atoms with E-state index in [1.165, 1.54) is 7.11 Å². The highest BCUT2D eigenvalue weighted by atomic mass is 32.1. The number of para-hydroxylation sites is 1. The highest BCUT2D eigenvalue weighted by Gasteiger charge is 2.09. The van der Waals surface area contributed by atoms with Crippen molar-refractivity contribution in [1.29, 1.82) is 0 Å². The van der Waals surface area contributed by atoms with E-state index in [1.54, 1.807) is 24.3 Å². The number of thiocarbonyl (C=S) groups is 1. The normalized spacial score (nSPS) is 9.43. The first-order valence-electron chi connectivity index (χ1n) is 6.64. The summed E-state index contributed by atoms with van der Waals surface area (Å²) in [4.78, 5) is 33.9. The minimum atomic E-state index is -0.495. The second-order valence-corrected chi connectivity index (χ2v) is 4.64. The van der Waals surface area contributed by atoms with E-state index >= 15 is 0 Å². The molecule has 0 atom stereocenters. The number of hydrogen-bond donors (Lipinski definition) is 3. The van der Waals surface area contributed by atoms with E-state index < -0.39 is 17.8 Å². The first-order chi connectivity index (χ1) is 11.0. The van der Waals surface area contributed by atoms with Crippen LogP contribution >= 0.6 is 12.2 Å². The third-order valence-electron chi connectivity index (χ3n) is 2.47. The maximum absolute atomic E-state index is 11.5. The number of amides is 2. The monoisotopic (exact) mass is 339 g/mol. The molecule has 0 saturated carbocycles. The Morgan fingerprint density at radius 2 is 1.74 bits per heavy atom. The van der Waals surface area contributed by atoms with E-state index in [0.717, 1.165) is 0 Å². The Hall–Kier alpha value is -2.68. The number of rotatable bonds is 6. The molecule has 0 aliphatic heterocycles. The van der Waals surface area contributed by atoms with Gasteiger partial charge in [0.1, 0.15) is 5.75 Å². The Morgan fingerprint density at radius 3 is 2.39 bits per heavy atom. The number of nitrogens with one attached hydrogen (secondary N) is 3. The van der Waals surface area contributed by atoms with Gasteiger partial charge in [-0.25, -0.2) is 0 Å². The van der Waals surface area contributed by atoms with Crippen LogP contribution in [-0.2, 0) is 19.1 Å².